The summed E-state index contributed by atoms with van der Waals surface area (Å²) in [6, 6.07) is 5.75. The lowest BCUT2D eigenvalue weighted by Gasteiger charge is -2.26. The number of halogens is 1. The van der Waals surface area contributed by atoms with E-state index >= 15 is 0 Å². The van der Waals surface area contributed by atoms with Gasteiger partial charge in [0.2, 0.25) is 0 Å². The van der Waals surface area contributed by atoms with Crippen LogP contribution in [0, 0.1) is 5.92 Å². The maximum absolute atomic E-state index is 6.08. The highest BCUT2D eigenvalue weighted by molar-refractivity contribution is 6.30. The largest absolute Gasteiger partial charge is 0.493 e. The van der Waals surface area contributed by atoms with Crippen LogP contribution < -0.4 is 10.5 Å². The minimum absolute atomic E-state index is 0.389. The molecular formula is C14H20ClNO. The Labute approximate surface area is 108 Å². The molecule has 17 heavy (non-hydrogen) atoms. The summed E-state index contributed by atoms with van der Waals surface area (Å²) in [4.78, 5) is 0. The van der Waals surface area contributed by atoms with Crippen LogP contribution >= 0.6 is 11.6 Å². The fraction of sp³-hybridized carbons (Fsp3) is 0.571. The molecule has 0 spiro atoms. The molecule has 1 fully saturated rings. The second-order valence-electron chi connectivity index (χ2n) is 5.51. The molecule has 0 radical (unpaired) electrons. The molecule has 0 bridgehead atoms. The highest BCUT2D eigenvalue weighted by Crippen LogP contribution is 2.30. The van der Waals surface area contributed by atoms with Crippen molar-refractivity contribution in [2.24, 2.45) is 11.7 Å². The van der Waals surface area contributed by atoms with E-state index in [2.05, 4.69) is 0 Å². The van der Waals surface area contributed by atoms with Crippen LogP contribution in [0.2, 0.25) is 5.02 Å². The highest BCUT2D eigenvalue weighted by atomic mass is 35.5. The molecule has 3 heteroatoms. The molecule has 2 rings (SSSR count). The van der Waals surface area contributed by atoms with Crippen molar-refractivity contribution in [3.63, 3.8) is 0 Å². The Morgan fingerprint density at radius 3 is 2.59 bits per heavy atom. The van der Waals surface area contributed by atoms with Gasteiger partial charge in [0.1, 0.15) is 5.75 Å². The van der Waals surface area contributed by atoms with Gasteiger partial charge in [-0.05, 0) is 56.4 Å². The lowest BCUT2D eigenvalue weighted by molar-refractivity contribution is 0.180. The van der Waals surface area contributed by atoms with Crippen molar-refractivity contribution in [2.75, 3.05) is 6.61 Å². The molecule has 2 nitrogen and oxygen atoms in total. The van der Waals surface area contributed by atoms with Crippen molar-refractivity contribution in [1.29, 1.82) is 0 Å². The minimum atomic E-state index is -0.389. The number of rotatable bonds is 4. The molecule has 0 aromatic heterocycles. The first-order valence-corrected chi connectivity index (χ1v) is 6.56. The van der Waals surface area contributed by atoms with E-state index in [1.54, 1.807) is 0 Å². The van der Waals surface area contributed by atoms with Gasteiger partial charge in [-0.25, -0.2) is 0 Å². The molecule has 1 aliphatic carbocycles. The average Bonchev–Trinajstić information content (AvgIpc) is 2.13. The quantitative estimate of drug-likeness (QED) is 0.888. The Hall–Kier alpha value is -0.730. The van der Waals surface area contributed by atoms with Crippen molar-refractivity contribution < 1.29 is 4.74 Å². The summed E-state index contributed by atoms with van der Waals surface area (Å²) >= 11 is 6.08. The molecule has 0 aliphatic heterocycles. The summed E-state index contributed by atoms with van der Waals surface area (Å²) in [6.07, 6.45) is 3.91. The van der Waals surface area contributed by atoms with Crippen molar-refractivity contribution in [1.82, 2.24) is 0 Å². The van der Waals surface area contributed by atoms with E-state index in [4.69, 9.17) is 22.1 Å². The normalized spacial score (nSPS) is 16.7. The smallest absolute Gasteiger partial charge is 0.121 e. The second-order valence-corrected chi connectivity index (χ2v) is 5.94. The molecule has 0 heterocycles. The Kier molecular flexibility index (Phi) is 3.64. The van der Waals surface area contributed by atoms with Crippen LogP contribution in [-0.2, 0) is 5.54 Å². The Bertz CT molecular complexity index is 394. The lowest BCUT2D eigenvalue weighted by atomic mass is 9.86. The number of nitrogens with two attached hydrogens (primary N) is 1. The molecular weight excluding hydrogens is 234 g/mol. The highest BCUT2D eigenvalue weighted by Gasteiger charge is 2.19. The van der Waals surface area contributed by atoms with Crippen molar-refractivity contribution in [3.8, 4) is 5.75 Å². The first kappa shape index (κ1) is 12.7. The van der Waals surface area contributed by atoms with Crippen molar-refractivity contribution in [3.05, 3.63) is 28.8 Å². The van der Waals surface area contributed by atoms with Gasteiger partial charge >= 0.3 is 0 Å². The lowest BCUT2D eigenvalue weighted by Crippen LogP contribution is -2.28. The van der Waals surface area contributed by atoms with Crippen LogP contribution in [0.3, 0.4) is 0 Å². The topological polar surface area (TPSA) is 35.2 Å². The minimum Gasteiger partial charge on any atom is -0.493 e. The second kappa shape index (κ2) is 4.87. The molecule has 1 aromatic rings. The molecule has 1 aliphatic rings. The fourth-order valence-corrected chi connectivity index (χ4v) is 2.12. The van der Waals surface area contributed by atoms with E-state index in [9.17, 15) is 0 Å². The van der Waals surface area contributed by atoms with E-state index in [1.165, 1.54) is 19.3 Å². The van der Waals surface area contributed by atoms with Crippen LogP contribution in [-0.4, -0.2) is 6.61 Å². The third-order valence-corrected chi connectivity index (χ3v) is 3.54. The van der Waals surface area contributed by atoms with Gasteiger partial charge in [0.15, 0.2) is 0 Å². The third-order valence-electron chi connectivity index (χ3n) is 3.33. The zero-order valence-electron chi connectivity index (χ0n) is 10.5. The molecule has 0 amide bonds. The first-order valence-electron chi connectivity index (χ1n) is 6.18. The van der Waals surface area contributed by atoms with Crippen LogP contribution in [0.15, 0.2) is 18.2 Å². The number of hydrogen-bond donors (Lipinski definition) is 1. The Morgan fingerprint density at radius 1 is 1.35 bits per heavy atom. The summed E-state index contributed by atoms with van der Waals surface area (Å²) in [5.41, 5.74) is 6.69. The van der Waals surface area contributed by atoms with Gasteiger partial charge in [0.05, 0.1) is 6.61 Å². The summed E-state index contributed by atoms with van der Waals surface area (Å²) in [6.45, 7) is 4.73. The van der Waals surface area contributed by atoms with Gasteiger partial charge < -0.3 is 10.5 Å². The van der Waals surface area contributed by atoms with Gasteiger partial charge in [-0.2, -0.15) is 0 Å². The predicted octanol–water partition coefficient (Wildman–Crippen LogP) is 3.71. The van der Waals surface area contributed by atoms with Crippen LogP contribution in [0.1, 0.15) is 38.7 Å². The molecule has 1 aromatic carbocycles. The number of hydrogen-bond acceptors (Lipinski definition) is 2. The Balaban J connectivity index is 2.08. The van der Waals surface area contributed by atoms with E-state index in [-0.39, 0.29) is 5.54 Å². The summed E-state index contributed by atoms with van der Waals surface area (Å²) < 4.78 is 5.79. The molecule has 1 saturated carbocycles. The molecule has 0 unspecified atom stereocenters. The van der Waals surface area contributed by atoms with E-state index in [0.717, 1.165) is 23.8 Å². The third kappa shape index (κ3) is 3.36. The van der Waals surface area contributed by atoms with Gasteiger partial charge in [-0.3, -0.25) is 0 Å². The summed E-state index contributed by atoms with van der Waals surface area (Å²) in [5.74, 6) is 1.56. The molecule has 2 N–H and O–H groups in total. The predicted molar refractivity (Wildman–Crippen MR) is 71.5 cm³/mol. The van der Waals surface area contributed by atoms with E-state index in [1.807, 2.05) is 32.0 Å². The monoisotopic (exact) mass is 253 g/mol. The molecule has 0 saturated heterocycles. The van der Waals surface area contributed by atoms with Crippen molar-refractivity contribution in [2.45, 2.75) is 38.6 Å². The number of ether oxygens (including phenoxy) is 1. The standard InChI is InChI=1S/C14H20ClNO/c1-14(2,16)11-6-12(15)8-13(7-11)17-9-10-4-3-5-10/h6-8,10H,3-5,9,16H2,1-2H3. The maximum atomic E-state index is 6.08. The average molecular weight is 254 g/mol. The van der Waals surface area contributed by atoms with E-state index in [0.29, 0.717) is 5.02 Å². The van der Waals surface area contributed by atoms with Crippen LogP contribution in [0.5, 0.6) is 5.75 Å². The van der Waals surface area contributed by atoms with Gasteiger partial charge in [-0.1, -0.05) is 18.0 Å². The first-order chi connectivity index (χ1) is 7.95. The van der Waals surface area contributed by atoms with Gasteiger partial charge in [0.25, 0.3) is 0 Å². The summed E-state index contributed by atoms with van der Waals surface area (Å²) in [7, 11) is 0. The molecule has 94 valence electrons. The van der Waals surface area contributed by atoms with E-state index < -0.39 is 0 Å². The SMILES string of the molecule is CC(C)(N)c1cc(Cl)cc(OCC2CCC2)c1. The van der Waals surface area contributed by atoms with Gasteiger partial charge in [-0.15, -0.1) is 0 Å². The fourth-order valence-electron chi connectivity index (χ4n) is 1.89. The zero-order valence-corrected chi connectivity index (χ0v) is 11.3. The zero-order chi connectivity index (χ0) is 12.5. The number of benzene rings is 1. The maximum Gasteiger partial charge on any atom is 0.121 e. The van der Waals surface area contributed by atoms with Crippen LogP contribution in [0.4, 0.5) is 0 Å². The van der Waals surface area contributed by atoms with Crippen LogP contribution in [0.25, 0.3) is 0 Å². The van der Waals surface area contributed by atoms with Gasteiger partial charge in [0, 0.05) is 10.6 Å². The molecule has 0 atom stereocenters. The van der Waals surface area contributed by atoms with Crippen molar-refractivity contribution >= 4 is 11.6 Å². The summed E-state index contributed by atoms with van der Waals surface area (Å²) in [5, 5.41) is 0.685. The Morgan fingerprint density at radius 2 is 2.06 bits per heavy atom.